The predicted octanol–water partition coefficient (Wildman–Crippen LogP) is 6.23. The van der Waals surface area contributed by atoms with Gasteiger partial charge >= 0.3 is 12.1 Å². The monoisotopic (exact) mass is 632 g/mol. The van der Waals surface area contributed by atoms with Crippen LogP contribution in [0.25, 0.3) is 6.08 Å². The summed E-state index contributed by atoms with van der Waals surface area (Å²) in [5.74, 6) is -0.652. The minimum atomic E-state index is -4.98. The number of carbonyl (C=O) groups excluding carboxylic acids is 1. The Hall–Kier alpha value is -3.86. The van der Waals surface area contributed by atoms with E-state index in [0.29, 0.717) is 21.4 Å². The second-order valence-electron chi connectivity index (χ2n) is 9.06. The summed E-state index contributed by atoms with van der Waals surface area (Å²) in [6.07, 6.45) is -3.44. The Morgan fingerprint density at radius 3 is 2.38 bits per heavy atom. The summed E-state index contributed by atoms with van der Waals surface area (Å²) < 4.78 is 54.7. The maximum absolute atomic E-state index is 14.2. The molecule has 12 heteroatoms. The van der Waals surface area contributed by atoms with Crippen molar-refractivity contribution in [2.75, 3.05) is 6.61 Å². The van der Waals surface area contributed by atoms with E-state index in [9.17, 15) is 22.8 Å². The number of aromatic nitrogens is 1. The van der Waals surface area contributed by atoms with Crippen LogP contribution >= 0.6 is 34.5 Å². The van der Waals surface area contributed by atoms with Crippen molar-refractivity contribution in [1.82, 2.24) is 4.57 Å². The number of ether oxygens (including phenoxy) is 2. The third kappa shape index (κ3) is 6.16. The Morgan fingerprint density at radius 2 is 1.74 bits per heavy atom. The Bertz CT molecular complexity index is 1850. The average Bonchev–Trinajstić information content (AvgIpc) is 3.27. The number of halogens is 5. The maximum atomic E-state index is 14.2. The van der Waals surface area contributed by atoms with Crippen LogP contribution in [0.3, 0.4) is 0 Å². The maximum Gasteiger partial charge on any atom is 0.434 e. The SMILES string of the molecule is CCOC(=O)C1=C(C(F)(F)F)N=c2s/c(=C\c3ccc(OCc4ccccc4Cl)cc3)c(=O)n2[C@H]1c1ccc(Cl)cc1. The first-order chi connectivity index (χ1) is 20.1. The van der Waals surface area contributed by atoms with Gasteiger partial charge in [0.25, 0.3) is 5.56 Å². The molecule has 0 bridgehead atoms. The van der Waals surface area contributed by atoms with Crippen LogP contribution < -0.4 is 19.6 Å². The lowest BCUT2D eigenvalue weighted by atomic mass is 9.95. The van der Waals surface area contributed by atoms with Gasteiger partial charge in [0.2, 0.25) is 0 Å². The third-order valence-corrected chi connectivity index (χ3v) is 7.91. The summed E-state index contributed by atoms with van der Waals surface area (Å²) in [5, 5.41) is 0.921. The molecule has 0 unspecified atom stereocenters. The second-order valence-corrected chi connectivity index (χ2v) is 10.9. The lowest BCUT2D eigenvalue weighted by Crippen LogP contribution is -2.41. The molecule has 216 valence electrons. The molecule has 0 amide bonds. The molecule has 0 fully saturated rings. The molecular weight excluding hydrogens is 612 g/mol. The smallest absolute Gasteiger partial charge is 0.434 e. The largest absolute Gasteiger partial charge is 0.489 e. The van der Waals surface area contributed by atoms with Crippen LogP contribution in [0.1, 0.15) is 29.7 Å². The predicted molar refractivity (Wildman–Crippen MR) is 154 cm³/mol. The molecule has 42 heavy (non-hydrogen) atoms. The zero-order chi connectivity index (χ0) is 30.0. The molecular formula is C30H21Cl2F3N2O4S. The first-order valence-corrected chi connectivity index (χ1v) is 14.2. The number of esters is 1. The van der Waals surface area contributed by atoms with Crippen LogP contribution in [0.2, 0.25) is 10.0 Å². The van der Waals surface area contributed by atoms with Crippen molar-refractivity contribution in [2.24, 2.45) is 4.99 Å². The molecule has 0 spiro atoms. The Morgan fingerprint density at radius 1 is 1.05 bits per heavy atom. The van der Waals surface area contributed by atoms with Gasteiger partial charge in [0.15, 0.2) is 10.5 Å². The van der Waals surface area contributed by atoms with E-state index in [1.54, 1.807) is 36.4 Å². The number of fused-ring (bicyclic) bond motifs is 1. The molecule has 0 N–H and O–H groups in total. The Kier molecular flexibility index (Phi) is 8.58. The highest BCUT2D eigenvalue weighted by Gasteiger charge is 2.45. The highest BCUT2D eigenvalue weighted by atomic mass is 35.5. The molecule has 0 saturated heterocycles. The van der Waals surface area contributed by atoms with Gasteiger partial charge in [-0.2, -0.15) is 13.2 Å². The van der Waals surface area contributed by atoms with Crippen molar-refractivity contribution in [3.8, 4) is 5.75 Å². The fraction of sp³-hybridized carbons (Fsp3) is 0.167. The van der Waals surface area contributed by atoms with Crippen LogP contribution in [0.4, 0.5) is 13.2 Å². The number of thiazole rings is 1. The normalized spacial score (nSPS) is 15.3. The molecule has 6 nitrogen and oxygen atoms in total. The highest BCUT2D eigenvalue weighted by Crippen LogP contribution is 2.38. The van der Waals surface area contributed by atoms with Gasteiger partial charge in [-0.05, 0) is 54.5 Å². The van der Waals surface area contributed by atoms with E-state index in [1.165, 1.54) is 31.2 Å². The number of carbonyl (C=O) groups is 1. The van der Waals surface area contributed by atoms with Gasteiger partial charge in [0, 0.05) is 15.6 Å². The molecule has 4 aromatic rings. The quantitative estimate of drug-likeness (QED) is 0.227. The Labute approximate surface area is 251 Å². The van der Waals surface area contributed by atoms with E-state index in [2.05, 4.69) is 4.99 Å². The van der Waals surface area contributed by atoms with Crippen molar-refractivity contribution in [2.45, 2.75) is 25.7 Å². The van der Waals surface area contributed by atoms with E-state index >= 15 is 0 Å². The summed E-state index contributed by atoms with van der Waals surface area (Å²) in [5.41, 5.74) is -1.12. The van der Waals surface area contributed by atoms with E-state index in [4.69, 9.17) is 32.7 Å². The van der Waals surface area contributed by atoms with Gasteiger partial charge in [-0.3, -0.25) is 9.36 Å². The fourth-order valence-electron chi connectivity index (χ4n) is 4.39. The standard InChI is InChI=1S/C30H21Cl2F3N2O4S/c1-2-40-28(39)24-25(18-9-11-20(31)12-10-18)37-27(38)23(42-29(37)36-26(24)30(33,34)35)15-17-7-13-21(14-8-17)41-16-19-5-3-4-6-22(19)32/h3-15,25H,2,16H2,1H3/b23-15-/t25-/m0/s1. The number of rotatable bonds is 7. The molecule has 0 radical (unpaired) electrons. The van der Waals surface area contributed by atoms with E-state index in [0.717, 1.165) is 21.5 Å². The van der Waals surface area contributed by atoms with E-state index < -0.39 is 35.0 Å². The molecule has 0 saturated carbocycles. The van der Waals surface area contributed by atoms with Crippen molar-refractivity contribution in [1.29, 1.82) is 0 Å². The van der Waals surface area contributed by atoms with Crippen molar-refractivity contribution in [3.63, 3.8) is 0 Å². The molecule has 2 heterocycles. The fourth-order valence-corrected chi connectivity index (χ4v) is 5.71. The van der Waals surface area contributed by atoms with Crippen molar-refractivity contribution < 1.29 is 27.4 Å². The molecule has 3 aromatic carbocycles. The van der Waals surface area contributed by atoms with E-state index in [-0.39, 0.29) is 28.1 Å². The first-order valence-electron chi connectivity index (χ1n) is 12.6. The van der Waals surface area contributed by atoms with Crippen LogP contribution in [0.5, 0.6) is 5.75 Å². The summed E-state index contributed by atoms with van der Waals surface area (Å²) in [6.45, 7) is 1.57. The average molecular weight is 633 g/mol. The van der Waals surface area contributed by atoms with Gasteiger partial charge in [-0.25, -0.2) is 9.79 Å². The van der Waals surface area contributed by atoms with Crippen LogP contribution in [0.15, 0.2) is 93.9 Å². The Balaban J connectivity index is 1.57. The minimum Gasteiger partial charge on any atom is -0.489 e. The summed E-state index contributed by atoms with van der Waals surface area (Å²) in [4.78, 5) is 30.1. The molecule has 0 aliphatic carbocycles. The topological polar surface area (TPSA) is 69.9 Å². The molecule has 1 aliphatic rings. The number of hydrogen-bond acceptors (Lipinski definition) is 6. The van der Waals surface area contributed by atoms with Gasteiger partial charge in [0.1, 0.15) is 12.4 Å². The van der Waals surface area contributed by atoms with E-state index in [1.807, 2.05) is 18.2 Å². The van der Waals surface area contributed by atoms with Crippen molar-refractivity contribution in [3.05, 3.63) is 130 Å². The zero-order valence-corrected chi connectivity index (χ0v) is 24.2. The second kappa shape index (κ2) is 12.2. The molecule has 5 rings (SSSR count). The van der Waals surface area contributed by atoms with Crippen molar-refractivity contribution >= 4 is 46.6 Å². The number of hydrogen-bond donors (Lipinski definition) is 0. The summed E-state index contributed by atoms with van der Waals surface area (Å²) >= 11 is 13.0. The van der Waals surface area contributed by atoms with Gasteiger partial charge in [-0.1, -0.05) is 77.0 Å². The number of alkyl halides is 3. The summed E-state index contributed by atoms with van der Waals surface area (Å²) in [6, 6.07) is 18.6. The van der Waals surface area contributed by atoms with Crippen LogP contribution in [-0.2, 0) is 16.1 Å². The number of allylic oxidation sites excluding steroid dienone is 1. The molecule has 1 aromatic heterocycles. The third-order valence-electron chi connectivity index (χ3n) is 6.31. The van der Waals surface area contributed by atoms with Gasteiger partial charge in [0.05, 0.1) is 22.8 Å². The zero-order valence-electron chi connectivity index (χ0n) is 21.8. The van der Waals surface area contributed by atoms with Gasteiger partial charge < -0.3 is 9.47 Å². The number of nitrogens with zero attached hydrogens (tertiary/aromatic N) is 2. The number of benzene rings is 3. The lowest BCUT2D eigenvalue weighted by molar-refractivity contribution is -0.140. The first kappa shape index (κ1) is 29.6. The van der Waals surface area contributed by atoms with Crippen LogP contribution in [-0.4, -0.2) is 23.3 Å². The molecule has 1 aliphatic heterocycles. The lowest BCUT2D eigenvalue weighted by Gasteiger charge is -2.26. The minimum absolute atomic E-state index is 0.129. The molecule has 1 atom stereocenters. The summed E-state index contributed by atoms with van der Waals surface area (Å²) in [7, 11) is 0. The van der Waals surface area contributed by atoms with Gasteiger partial charge in [-0.15, -0.1) is 0 Å². The highest BCUT2D eigenvalue weighted by molar-refractivity contribution is 7.07. The van der Waals surface area contributed by atoms with Crippen LogP contribution in [0, 0.1) is 0 Å².